The molecule has 5 bridgehead atoms. The van der Waals surface area contributed by atoms with E-state index in [-0.39, 0.29) is 30.1 Å². The van der Waals surface area contributed by atoms with Crippen molar-refractivity contribution in [1.82, 2.24) is 0 Å². The molecule has 5 heteroatoms. The average molecular weight is 352 g/mol. The summed E-state index contributed by atoms with van der Waals surface area (Å²) >= 11 is 0. The first-order valence-electron chi connectivity index (χ1n) is 9.93. The zero-order chi connectivity index (χ0) is 18.4. The van der Waals surface area contributed by atoms with Gasteiger partial charge in [0.25, 0.3) is 0 Å². The second-order valence-corrected chi connectivity index (χ2v) is 10.6. The maximum Gasteiger partial charge on any atom is 0.175 e. The van der Waals surface area contributed by atoms with E-state index in [4.69, 9.17) is 4.74 Å². The second kappa shape index (κ2) is 4.12. The molecule has 1 aliphatic heterocycles. The maximum absolute atomic E-state index is 12.1. The van der Waals surface area contributed by atoms with E-state index < -0.39 is 45.9 Å². The third kappa shape index (κ3) is 1.29. The van der Waals surface area contributed by atoms with Crippen LogP contribution >= 0.6 is 0 Å². The molecule has 0 unspecified atom stereocenters. The smallest absolute Gasteiger partial charge is 0.175 e. The van der Waals surface area contributed by atoms with Crippen LogP contribution in [0.5, 0.6) is 0 Å². The molecule has 0 amide bonds. The van der Waals surface area contributed by atoms with E-state index in [1.54, 1.807) is 0 Å². The standard InChI is InChI=1S/C20H32O5/c1-9(2)11-13(21)14-16(4)8-19(23)17(11,5)20(14,24)15(25-19)12-10(3)6-7-18(12,16)22/h9-15,21-24H,6-8H2,1-5H3/t10-,11-,12+,13+,14+,15-,16-,17-,18-,19+,20-/m1/s1. The highest BCUT2D eigenvalue weighted by Crippen LogP contribution is 2.83. The van der Waals surface area contributed by atoms with Gasteiger partial charge in [0.05, 0.1) is 23.2 Å². The number of rotatable bonds is 1. The Morgan fingerprint density at radius 2 is 1.76 bits per heavy atom. The predicted octanol–water partition coefficient (Wildman–Crippen LogP) is 1.27. The van der Waals surface area contributed by atoms with Crippen LogP contribution in [0.1, 0.15) is 53.9 Å². The third-order valence-corrected chi connectivity index (χ3v) is 9.72. The molecule has 4 aliphatic carbocycles. The highest BCUT2D eigenvalue weighted by Gasteiger charge is 2.93. The summed E-state index contributed by atoms with van der Waals surface area (Å²) in [6.45, 7) is 10.1. The Labute approximate surface area is 149 Å². The van der Waals surface area contributed by atoms with Crippen LogP contribution in [0.15, 0.2) is 0 Å². The molecule has 4 saturated carbocycles. The molecule has 0 spiro atoms. The molecule has 11 atom stereocenters. The van der Waals surface area contributed by atoms with Crippen molar-refractivity contribution in [2.45, 2.75) is 83.1 Å². The van der Waals surface area contributed by atoms with Crippen LogP contribution in [0, 0.1) is 40.4 Å². The van der Waals surface area contributed by atoms with Crippen LogP contribution in [0.2, 0.25) is 0 Å². The summed E-state index contributed by atoms with van der Waals surface area (Å²) in [5.74, 6) is -2.14. The molecule has 1 heterocycles. The Bertz CT molecular complexity index is 652. The molecular formula is C20H32O5. The van der Waals surface area contributed by atoms with Crippen molar-refractivity contribution in [2.75, 3.05) is 0 Å². The molecule has 5 nitrogen and oxygen atoms in total. The topological polar surface area (TPSA) is 90.2 Å². The Kier molecular flexibility index (Phi) is 2.79. The lowest BCUT2D eigenvalue weighted by molar-refractivity contribution is -0.303. The lowest BCUT2D eigenvalue weighted by Crippen LogP contribution is -2.76. The van der Waals surface area contributed by atoms with Crippen LogP contribution in [0.3, 0.4) is 0 Å². The second-order valence-electron chi connectivity index (χ2n) is 10.6. The molecular weight excluding hydrogens is 320 g/mol. The van der Waals surface area contributed by atoms with Crippen LogP contribution < -0.4 is 0 Å². The number of hydrogen-bond acceptors (Lipinski definition) is 5. The van der Waals surface area contributed by atoms with Crippen molar-refractivity contribution in [3.63, 3.8) is 0 Å². The van der Waals surface area contributed by atoms with Gasteiger partial charge in [-0.25, -0.2) is 0 Å². The van der Waals surface area contributed by atoms with Gasteiger partial charge < -0.3 is 25.2 Å². The third-order valence-electron chi connectivity index (χ3n) is 9.72. The van der Waals surface area contributed by atoms with Crippen molar-refractivity contribution in [3.05, 3.63) is 0 Å². The largest absolute Gasteiger partial charge is 0.392 e. The summed E-state index contributed by atoms with van der Waals surface area (Å²) in [7, 11) is 0. The van der Waals surface area contributed by atoms with Crippen LogP contribution in [-0.4, -0.2) is 49.6 Å². The number of aliphatic hydroxyl groups excluding tert-OH is 1. The molecule has 5 aliphatic rings. The molecule has 0 aromatic heterocycles. The molecule has 0 radical (unpaired) electrons. The van der Waals surface area contributed by atoms with E-state index in [0.29, 0.717) is 6.42 Å². The van der Waals surface area contributed by atoms with Crippen molar-refractivity contribution >= 4 is 0 Å². The van der Waals surface area contributed by atoms with Crippen molar-refractivity contribution in [2.24, 2.45) is 40.4 Å². The SMILES string of the molecule is CC(C)[C@@H]1[C@H](O)[C@@H]2[C@@]3(O)[C@@H]4O[C@@](O)(C[C@@]2(C)[C@@]2(O)CC[C@@H](C)[C@@H]42)[C@@]13C. The summed E-state index contributed by atoms with van der Waals surface area (Å²) in [5, 5.41) is 46.9. The fourth-order valence-corrected chi connectivity index (χ4v) is 8.87. The number of aliphatic hydroxyl groups is 4. The molecule has 1 saturated heterocycles. The minimum Gasteiger partial charge on any atom is -0.392 e. The van der Waals surface area contributed by atoms with Crippen molar-refractivity contribution < 1.29 is 25.2 Å². The minimum absolute atomic E-state index is 0.0951. The highest BCUT2D eigenvalue weighted by molar-refractivity contribution is 5.39. The van der Waals surface area contributed by atoms with Crippen LogP contribution in [0.4, 0.5) is 0 Å². The van der Waals surface area contributed by atoms with E-state index in [0.717, 1.165) is 6.42 Å². The summed E-state index contributed by atoms with van der Waals surface area (Å²) in [4.78, 5) is 0. The van der Waals surface area contributed by atoms with E-state index in [9.17, 15) is 20.4 Å². The van der Waals surface area contributed by atoms with Gasteiger partial charge in [-0.05, 0) is 24.7 Å². The van der Waals surface area contributed by atoms with Crippen LogP contribution in [-0.2, 0) is 4.74 Å². The van der Waals surface area contributed by atoms with Crippen LogP contribution in [0.25, 0.3) is 0 Å². The molecule has 0 aromatic rings. The van der Waals surface area contributed by atoms with Gasteiger partial charge in [-0.2, -0.15) is 0 Å². The molecule has 25 heavy (non-hydrogen) atoms. The zero-order valence-corrected chi connectivity index (χ0v) is 15.9. The predicted molar refractivity (Wildman–Crippen MR) is 90.3 cm³/mol. The van der Waals surface area contributed by atoms with E-state index in [1.807, 2.05) is 27.7 Å². The lowest BCUT2D eigenvalue weighted by Gasteiger charge is -2.64. The van der Waals surface area contributed by atoms with Gasteiger partial charge in [-0.1, -0.05) is 34.6 Å². The molecule has 5 rings (SSSR count). The first-order chi connectivity index (χ1) is 11.4. The number of hydrogen-bond donors (Lipinski definition) is 4. The lowest BCUT2D eigenvalue weighted by atomic mass is 9.41. The monoisotopic (exact) mass is 352 g/mol. The van der Waals surface area contributed by atoms with Gasteiger partial charge in [0, 0.05) is 29.6 Å². The van der Waals surface area contributed by atoms with Gasteiger partial charge >= 0.3 is 0 Å². The quantitative estimate of drug-likeness (QED) is 0.571. The zero-order valence-electron chi connectivity index (χ0n) is 15.9. The normalized spacial score (nSPS) is 70.3. The highest BCUT2D eigenvalue weighted by atomic mass is 16.7. The fourth-order valence-electron chi connectivity index (χ4n) is 8.87. The molecule has 0 aromatic carbocycles. The first kappa shape index (κ1) is 16.9. The van der Waals surface area contributed by atoms with E-state index in [1.165, 1.54) is 0 Å². The van der Waals surface area contributed by atoms with E-state index in [2.05, 4.69) is 6.92 Å². The fraction of sp³-hybridized carbons (Fsp3) is 1.00. The van der Waals surface area contributed by atoms with Gasteiger partial charge in [-0.15, -0.1) is 0 Å². The van der Waals surface area contributed by atoms with Gasteiger partial charge in [-0.3, -0.25) is 0 Å². The van der Waals surface area contributed by atoms with Crippen molar-refractivity contribution in [1.29, 1.82) is 0 Å². The Balaban J connectivity index is 1.84. The molecule has 142 valence electrons. The minimum atomic E-state index is -1.51. The van der Waals surface area contributed by atoms with Crippen molar-refractivity contribution in [3.8, 4) is 0 Å². The maximum atomic E-state index is 12.1. The summed E-state index contributed by atoms with van der Waals surface area (Å²) in [5.41, 5.74) is -4.00. The Hall–Kier alpha value is -0.200. The van der Waals surface area contributed by atoms with Gasteiger partial charge in [0.2, 0.25) is 0 Å². The van der Waals surface area contributed by atoms with Gasteiger partial charge in [0.1, 0.15) is 5.60 Å². The Morgan fingerprint density at radius 3 is 2.36 bits per heavy atom. The van der Waals surface area contributed by atoms with E-state index >= 15 is 0 Å². The number of ether oxygens (including phenoxy) is 1. The average Bonchev–Trinajstić information content (AvgIpc) is 2.87. The first-order valence-corrected chi connectivity index (χ1v) is 9.93. The number of fused-ring (bicyclic) bond motifs is 3. The summed E-state index contributed by atoms with van der Waals surface area (Å²) in [6, 6.07) is 0. The van der Waals surface area contributed by atoms with Gasteiger partial charge in [0.15, 0.2) is 5.79 Å². The Morgan fingerprint density at radius 1 is 1.12 bits per heavy atom. The summed E-state index contributed by atoms with van der Waals surface area (Å²) < 4.78 is 6.28. The summed E-state index contributed by atoms with van der Waals surface area (Å²) in [6.07, 6.45) is 0.441. The molecule has 4 N–H and O–H groups in total. The molecule has 5 fully saturated rings.